The lowest BCUT2D eigenvalue weighted by molar-refractivity contribution is -0.137. The summed E-state index contributed by atoms with van der Waals surface area (Å²) in [6.45, 7) is 1.31. The van der Waals surface area contributed by atoms with E-state index in [1.54, 1.807) is 7.05 Å². The number of nitrogens with zero attached hydrogens (tertiary/aromatic N) is 4. The first-order valence-corrected chi connectivity index (χ1v) is 13.3. The summed E-state index contributed by atoms with van der Waals surface area (Å²) in [6, 6.07) is 3.63. The zero-order valence-corrected chi connectivity index (χ0v) is 20.4. The average Bonchev–Trinajstić information content (AvgIpc) is 2.78. The SMILES string of the molecule is CN(C1CCC(N2CC(NC(=O)CNc3ncnc4ccc(C(F)(F)F)cc34)C2)CC1)S(C)(=O)=O. The third kappa shape index (κ3) is 6.01. The Kier molecular flexibility index (Phi) is 7.21. The zero-order chi connectivity index (χ0) is 25.4. The van der Waals surface area contributed by atoms with Gasteiger partial charge < -0.3 is 10.6 Å². The molecule has 2 fully saturated rings. The van der Waals surface area contributed by atoms with Crippen LogP contribution in [0.5, 0.6) is 0 Å². The Morgan fingerprint density at radius 1 is 1.17 bits per heavy atom. The van der Waals surface area contributed by atoms with Crippen LogP contribution in [0.3, 0.4) is 0 Å². The van der Waals surface area contributed by atoms with Crippen molar-refractivity contribution < 1.29 is 26.4 Å². The molecule has 2 aliphatic rings. The minimum absolute atomic E-state index is 0.000285. The van der Waals surface area contributed by atoms with Gasteiger partial charge >= 0.3 is 6.18 Å². The molecule has 1 aliphatic heterocycles. The van der Waals surface area contributed by atoms with Crippen LogP contribution < -0.4 is 10.6 Å². The molecule has 0 spiro atoms. The van der Waals surface area contributed by atoms with Gasteiger partial charge in [-0.2, -0.15) is 13.2 Å². The second-order valence-electron chi connectivity index (χ2n) is 9.27. The van der Waals surface area contributed by atoms with Gasteiger partial charge in [0.2, 0.25) is 15.9 Å². The number of carbonyl (C=O) groups is 1. The van der Waals surface area contributed by atoms with E-state index in [0.29, 0.717) is 24.6 Å². The molecule has 1 aromatic heterocycles. The highest BCUT2D eigenvalue weighted by molar-refractivity contribution is 7.88. The number of fused-ring (bicyclic) bond motifs is 1. The van der Waals surface area contributed by atoms with Crippen LogP contribution in [0.4, 0.5) is 19.0 Å². The van der Waals surface area contributed by atoms with Crippen LogP contribution in [0.25, 0.3) is 10.9 Å². The lowest BCUT2D eigenvalue weighted by atomic mass is 9.88. The van der Waals surface area contributed by atoms with Gasteiger partial charge in [0.1, 0.15) is 12.1 Å². The van der Waals surface area contributed by atoms with Crippen molar-refractivity contribution in [1.29, 1.82) is 0 Å². The molecular formula is C22H29F3N6O3S. The van der Waals surface area contributed by atoms with Gasteiger partial charge in [-0.25, -0.2) is 22.7 Å². The number of rotatable bonds is 7. The third-order valence-corrected chi connectivity index (χ3v) is 8.22. The van der Waals surface area contributed by atoms with E-state index in [2.05, 4.69) is 25.5 Å². The minimum atomic E-state index is -4.49. The van der Waals surface area contributed by atoms with E-state index < -0.39 is 21.8 Å². The molecule has 2 heterocycles. The number of benzene rings is 1. The molecule has 1 aliphatic carbocycles. The Balaban J connectivity index is 1.24. The van der Waals surface area contributed by atoms with Crippen LogP contribution in [0, 0.1) is 0 Å². The molecule has 192 valence electrons. The second-order valence-corrected chi connectivity index (χ2v) is 11.3. The standard InChI is InChI=1S/C22H29F3N6O3S/c1-30(35(2,33)34)16-4-6-17(7-5-16)31-11-15(12-31)29-20(32)10-26-21-18-9-14(22(23,24)25)3-8-19(18)27-13-28-21/h3,8-9,13,15-17H,4-7,10-12H2,1-2H3,(H,29,32)(H,26,27,28). The van der Waals surface area contributed by atoms with E-state index in [0.717, 1.165) is 37.8 Å². The van der Waals surface area contributed by atoms with Gasteiger partial charge in [0.05, 0.1) is 29.9 Å². The van der Waals surface area contributed by atoms with Gasteiger partial charge in [-0.05, 0) is 43.9 Å². The van der Waals surface area contributed by atoms with Crippen LogP contribution >= 0.6 is 0 Å². The van der Waals surface area contributed by atoms with Crippen LogP contribution in [-0.2, 0) is 21.0 Å². The predicted molar refractivity (Wildman–Crippen MR) is 125 cm³/mol. The molecule has 35 heavy (non-hydrogen) atoms. The van der Waals surface area contributed by atoms with Crippen molar-refractivity contribution in [3.05, 3.63) is 30.1 Å². The first kappa shape index (κ1) is 25.6. The number of sulfonamides is 1. The maximum Gasteiger partial charge on any atom is 0.416 e. The normalized spacial score (nSPS) is 22.2. The number of hydrogen-bond donors (Lipinski definition) is 2. The second kappa shape index (κ2) is 9.86. The molecule has 0 radical (unpaired) electrons. The van der Waals surface area contributed by atoms with Gasteiger partial charge in [0.15, 0.2) is 0 Å². The van der Waals surface area contributed by atoms with E-state index >= 15 is 0 Å². The Hall–Kier alpha value is -2.51. The number of alkyl halides is 3. The highest BCUT2D eigenvalue weighted by Gasteiger charge is 2.37. The highest BCUT2D eigenvalue weighted by Crippen LogP contribution is 2.32. The summed E-state index contributed by atoms with van der Waals surface area (Å²) in [5.74, 6) is -0.103. The fourth-order valence-electron chi connectivity index (χ4n) is 4.78. The number of likely N-dealkylation sites (tertiary alicyclic amines) is 1. The van der Waals surface area contributed by atoms with Gasteiger partial charge in [-0.1, -0.05) is 0 Å². The molecule has 1 amide bonds. The van der Waals surface area contributed by atoms with Gasteiger partial charge in [0.25, 0.3) is 0 Å². The van der Waals surface area contributed by atoms with E-state index in [1.807, 2.05) is 0 Å². The number of aromatic nitrogens is 2. The number of hydrogen-bond acceptors (Lipinski definition) is 7. The minimum Gasteiger partial charge on any atom is -0.360 e. The molecule has 0 bridgehead atoms. The average molecular weight is 515 g/mol. The summed E-state index contributed by atoms with van der Waals surface area (Å²) >= 11 is 0. The monoisotopic (exact) mass is 514 g/mol. The Bertz CT molecular complexity index is 1180. The molecule has 1 aromatic carbocycles. The number of halogens is 3. The Labute approximate surface area is 202 Å². The van der Waals surface area contributed by atoms with E-state index in [9.17, 15) is 26.4 Å². The zero-order valence-electron chi connectivity index (χ0n) is 19.5. The largest absolute Gasteiger partial charge is 0.416 e. The quantitative estimate of drug-likeness (QED) is 0.583. The summed E-state index contributed by atoms with van der Waals surface area (Å²) in [4.78, 5) is 22.7. The third-order valence-electron chi connectivity index (χ3n) is 6.87. The number of anilines is 1. The molecule has 2 N–H and O–H groups in total. The van der Waals surface area contributed by atoms with Gasteiger partial charge in [0, 0.05) is 37.6 Å². The van der Waals surface area contributed by atoms with E-state index in [4.69, 9.17) is 0 Å². The Morgan fingerprint density at radius 3 is 2.49 bits per heavy atom. The summed E-state index contributed by atoms with van der Waals surface area (Å²) < 4.78 is 64.1. The molecule has 1 saturated carbocycles. The molecule has 9 nitrogen and oxygen atoms in total. The summed E-state index contributed by atoms with van der Waals surface area (Å²) in [6.07, 6.45) is 1.42. The van der Waals surface area contributed by atoms with Gasteiger partial charge in [-0.3, -0.25) is 9.69 Å². The first-order valence-electron chi connectivity index (χ1n) is 11.4. The van der Waals surface area contributed by atoms with Crippen molar-refractivity contribution in [3.8, 4) is 0 Å². The molecule has 4 rings (SSSR count). The van der Waals surface area contributed by atoms with Crippen LogP contribution in [0.15, 0.2) is 24.5 Å². The molecule has 13 heteroatoms. The van der Waals surface area contributed by atoms with Crippen LogP contribution in [0.2, 0.25) is 0 Å². The van der Waals surface area contributed by atoms with Crippen molar-refractivity contribution in [1.82, 2.24) is 24.5 Å². The molecule has 0 atom stereocenters. The van der Waals surface area contributed by atoms with Crippen LogP contribution in [-0.4, -0.2) is 84.6 Å². The fraction of sp³-hybridized carbons (Fsp3) is 0.591. The number of amides is 1. The van der Waals surface area contributed by atoms with Crippen molar-refractivity contribution in [2.45, 2.75) is 50.0 Å². The summed E-state index contributed by atoms with van der Waals surface area (Å²) in [5.41, 5.74) is -0.457. The summed E-state index contributed by atoms with van der Waals surface area (Å²) in [5, 5.41) is 5.95. The predicted octanol–water partition coefficient (Wildman–Crippen LogP) is 2.06. The number of carbonyl (C=O) groups excluding carboxylic acids is 1. The van der Waals surface area contributed by atoms with Crippen molar-refractivity contribution in [2.24, 2.45) is 0 Å². The summed E-state index contributed by atoms with van der Waals surface area (Å²) in [7, 11) is -1.56. The van der Waals surface area contributed by atoms with Gasteiger partial charge in [-0.15, -0.1) is 0 Å². The van der Waals surface area contributed by atoms with Crippen LogP contribution in [0.1, 0.15) is 31.2 Å². The maximum absolute atomic E-state index is 13.1. The van der Waals surface area contributed by atoms with E-state index in [-0.39, 0.29) is 35.7 Å². The van der Waals surface area contributed by atoms with Crippen molar-refractivity contribution >= 4 is 32.7 Å². The highest BCUT2D eigenvalue weighted by atomic mass is 32.2. The van der Waals surface area contributed by atoms with Crippen molar-refractivity contribution in [2.75, 3.05) is 38.3 Å². The Morgan fingerprint density at radius 2 is 1.86 bits per heavy atom. The fourth-order valence-corrected chi connectivity index (χ4v) is 5.53. The smallest absolute Gasteiger partial charge is 0.360 e. The molecular weight excluding hydrogens is 485 g/mol. The van der Waals surface area contributed by atoms with Crippen molar-refractivity contribution in [3.63, 3.8) is 0 Å². The topological polar surface area (TPSA) is 108 Å². The lowest BCUT2D eigenvalue weighted by Crippen LogP contribution is -2.63. The lowest BCUT2D eigenvalue weighted by Gasteiger charge is -2.47. The molecule has 0 unspecified atom stereocenters. The number of nitrogens with one attached hydrogen (secondary N) is 2. The molecule has 2 aromatic rings. The van der Waals surface area contributed by atoms with E-state index in [1.165, 1.54) is 23.0 Å². The maximum atomic E-state index is 13.1. The molecule has 1 saturated heterocycles. The first-order chi connectivity index (χ1) is 16.4.